The van der Waals surface area contributed by atoms with Gasteiger partial charge in [0, 0.05) is 6.07 Å². The van der Waals surface area contributed by atoms with Crippen LogP contribution < -0.4 is 0 Å². The highest BCUT2D eigenvalue weighted by Crippen LogP contribution is 2.19. The van der Waals surface area contributed by atoms with Crippen LogP contribution in [0.2, 0.25) is 0 Å². The van der Waals surface area contributed by atoms with Gasteiger partial charge in [-0.1, -0.05) is 13.8 Å². The molecule has 1 aromatic rings. The second-order valence-electron chi connectivity index (χ2n) is 4.28. The lowest BCUT2D eigenvalue weighted by Gasteiger charge is -2.16. The molecule has 0 N–H and O–H groups in total. The second-order valence-corrected chi connectivity index (χ2v) is 4.28. The van der Waals surface area contributed by atoms with E-state index in [1.165, 1.54) is 6.07 Å². The van der Waals surface area contributed by atoms with Crippen LogP contribution in [0.4, 0.5) is 10.1 Å². The molecule has 5 nitrogen and oxygen atoms in total. The van der Waals surface area contributed by atoms with Crippen LogP contribution in [0, 0.1) is 21.8 Å². The maximum absolute atomic E-state index is 13.3. The summed E-state index contributed by atoms with van der Waals surface area (Å²) in [7, 11) is 0. The van der Waals surface area contributed by atoms with Gasteiger partial charge in [-0.15, -0.1) is 0 Å². The number of carbonyl (C=O) groups excluding carboxylic acids is 1. The Bertz CT molecular complexity index is 473. The van der Waals surface area contributed by atoms with Gasteiger partial charge in [0.1, 0.15) is 6.10 Å². The Kier molecular flexibility index (Phi) is 4.36. The summed E-state index contributed by atoms with van der Waals surface area (Å²) in [4.78, 5) is 21.2. The zero-order valence-electron chi connectivity index (χ0n) is 10.3. The van der Waals surface area contributed by atoms with Gasteiger partial charge < -0.3 is 4.74 Å². The zero-order valence-corrected chi connectivity index (χ0v) is 10.3. The van der Waals surface area contributed by atoms with Crippen molar-refractivity contribution in [2.45, 2.75) is 26.9 Å². The number of benzene rings is 1. The molecule has 0 radical (unpaired) electrons. The van der Waals surface area contributed by atoms with Gasteiger partial charge >= 0.3 is 11.7 Å². The van der Waals surface area contributed by atoms with Crippen molar-refractivity contribution < 1.29 is 18.8 Å². The van der Waals surface area contributed by atoms with Gasteiger partial charge in [-0.3, -0.25) is 10.1 Å². The Labute approximate surface area is 104 Å². The molecule has 0 aromatic heterocycles. The highest BCUT2D eigenvalue weighted by atomic mass is 19.1. The highest BCUT2D eigenvalue weighted by Gasteiger charge is 2.19. The van der Waals surface area contributed by atoms with E-state index in [1.54, 1.807) is 6.92 Å². The van der Waals surface area contributed by atoms with E-state index in [-0.39, 0.29) is 17.6 Å². The molecule has 1 unspecified atom stereocenters. The van der Waals surface area contributed by atoms with Crippen LogP contribution in [0.25, 0.3) is 0 Å². The van der Waals surface area contributed by atoms with Gasteiger partial charge in [0.25, 0.3) is 0 Å². The van der Waals surface area contributed by atoms with E-state index >= 15 is 0 Å². The first kappa shape index (κ1) is 14.1. The minimum Gasteiger partial charge on any atom is -0.459 e. The van der Waals surface area contributed by atoms with E-state index < -0.39 is 22.4 Å². The highest BCUT2D eigenvalue weighted by molar-refractivity contribution is 5.89. The normalized spacial score (nSPS) is 12.3. The predicted molar refractivity (Wildman–Crippen MR) is 62.8 cm³/mol. The first-order valence-electron chi connectivity index (χ1n) is 5.48. The van der Waals surface area contributed by atoms with Gasteiger partial charge in [0.2, 0.25) is 5.82 Å². The Balaban J connectivity index is 2.88. The molecule has 0 spiro atoms. The molecule has 0 aliphatic heterocycles. The third-order valence-electron chi connectivity index (χ3n) is 2.61. The largest absolute Gasteiger partial charge is 0.459 e. The Hall–Kier alpha value is -1.98. The van der Waals surface area contributed by atoms with Crippen LogP contribution in [0.15, 0.2) is 18.2 Å². The van der Waals surface area contributed by atoms with E-state index in [0.29, 0.717) is 0 Å². The van der Waals surface area contributed by atoms with Crippen molar-refractivity contribution in [1.29, 1.82) is 0 Å². The fraction of sp³-hybridized carbons (Fsp3) is 0.417. The molecule has 1 rings (SSSR count). The molecule has 0 fully saturated rings. The topological polar surface area (TPSA) is 69.4 Å². The van der Waals surface area contributed by atoms with Crippen molar-refractivity contribution in [2.24, 2.45) is 5.92 Å². The molecule has 0 aliphatic carbocycles. The number of halogens is 1. The van der Waals surface area contributed by atoms with Gasteiger partial charge in [-0.05, 0) is 25.0 Å². The number of carbonyl (C=O) groups is 1. The summed E-state index contributed by atoms with van der Waals surface area (Å²) < 4.78 is 18.4. The van der Waals surface area contributed by atoms with Crippen LogP contribution in [-0.2, 0) is 4.74 Å². The van der Waals surface area contributed by atoms with E-state index in [1.807, 2.05) is 13.8 Å². The van der Waals surface area contributed by atoms with Gasteiger partial charge in [0.05, 0.1) is 10.5 Å². The molecule has 0 saturated carbocycles. The van der Waals surface area contributed by atoms with Crippen LogP contribution >= 0.6 is 0 Å². The van der Waals surface area contributed by atoms with E-state index in [9.17, 15) is 19.3 Å². The minimum absolute atomic E-state index is 0.0365. The molecule has 98 valence electrons. The Morgan fingerprint density at radius 3 is 2.44 bits per heavy atom. The average Bonchev–Trinajstić information content (AvgIpc) is 2.27. The summed E-state index contributed by atoms with van der Waals surface area (Å²) in [6, 6.07) is 2.94. The number of nitro benzene ring substituents is 1. The van der Waals surface area contributed by atoms with Crippen LogP contribution in [0.5, 0.6) is 0 Å². The molecule has 0 heterocycles. The van der Waals surface area contributed by atoms with Crippen LogP contribution in [-0.4, -0.2) is 17.0 Å². The van der Waals surface area contributed by atoms with Crippen molar-refractivity contribution in [3.05, 3.63) is 39.7 Å². The maximum Gasteiger partial charge on any atom is 0.338 e. The van der Waals surface area contributed by atoms with Crippen molar-refractivity contribution in [3.63, 3.8) is 0 Å². The molecular formula is C12H14FNO4. The summed E-state index contributed by atoms with van der Waals surface area (Å²) in [5, 5.41) is 10.4. The number of hydrogen-bond acceptors (Lipinski definition) is 4. The molecule has 0 amide bonds. The summed E-state index contributed by atoms with van der Waals surface area (Å²) in [6.45, 7) is 5.49. The lowest BCUT2D eigenvalue weighted by molar-refractivity contribution is -0.387. The third kappa shape index (κ3) is 3.26. The lowest BCUT2D eigenvalue weighted by atomic mass is 10.1. The first-order valence-corrected chi connectivity index (χ1v) is 5.48. The van der Waals surface area contributed by atoms with Gasteiger partial charge in [-0.2, -0.15) is 4.39 Å². The quantitative estimate of drug-likeness (QED) is 0.471. The third-order valence-corrected chi connectivity index (χ3v) is 2.61. The standard InChI is InChI=1S/C12H14FNO4/c1-7(2)8(3)18-12(15)9-4-5-11(14(16)17)10(13)6-9/h4-8H,1-3H3. The first-order chi connectivity index (χ1) is 8.32. The monoisotopic (exact) mass is 255 g/mol. The van der Waals surface area contributed by atoms with Crippen molar-refractivity contribution in [3.8, 4) is 0 Å². The average molecular weight is 255 g/mol. The molecule has 1 aromatic carbocycles. The molecule has 6 heteroatoms. The Morgan fingerprint density at radius 2 is 2.00 bits per heavy atom. The lowest BCUT2D eigenvalue weighted by Crippen LogP contribution is -2.20. The fourth-order valence-electron chi connectivity index (χ4n) is 1.15. The summed E-state index contributed by atoms with van der Waals surface area (Å²) in [6.07, 6.45) is -0.309. The summed E-state index contributed by atoms with van der Waals surface area (Å²) in [5.41, 5.74) is -0.700. The molecule has 0 aliphatic rings. The molecule has 1 atom stereocenters. The van der Waals surface area contributed by atoms with Crippen LogP contribution in [0.3, 0.4) is 0 Å². The van der Waals surface area contributed by atoms with Gasteiger partial charge in [0.15, 0.2) is 0 Å². The number of hydrogen-bond donors (Lipinski definition) is 0. The van der Waals surface area contributed by atoms with Gasteiger partial charge in [-0.25, -0.2) is 4.79 Å². The van der Waals surface area contributed by atoms with Crippen molar-refractivity contribution >= 4 is 11.7 Å². The molecule has 0 bridgehead atoms. The minimum atomic E-state index is -1.05. The summed E-state index contributed by atoms with van der Waals surface area (Å²) in [5.74, 6) is -1.60. The van der Waals surface area contributed by atoms with Crippen LogP contribution in [0.1, 0.15) is 31.1 Å². The van der Waals surface area contributed by atoms with Crippen molar-refractivity contribution in [2.75, 3.05) is 0 Å². The zero-order chi connectivity index (χ0) is 13.9. The fourth-order valence-corrected chi connectivity index (χ4v) is 1.15. The second kappa shape index (κ2) is 5.57. The molecule has 18 heavy (non-hydrogen) atoms. The van der Waals surface area contributed by atoms with Crippen molar-refractivity contribution in [1.82, 2.24) is 0 Å². The Morgan fingerprint density at radius 1 is 1.39 bits per heavy atom. The van der Waals surface area contributed by atoms with E-state index in [0.717, 1.165) is 12.1 Å². The molecule has 0 saturated heterocycles. The SMILES string of the molecule is CC(C)C(C)OC(=O)c1ccc([N+](=O)[O-])c(F)c1. The number of nitro groups is 1. The molecular weight excluding hydrogens is 241 g/mol. The number of rotatable bonds is 4. The predicted octanol–water partition coefficient (Wildman–Crippen LogP) is 2.94. The smallest absolute Gasteiger partial charge is 0.338 e. The maximum atomic E-state index is 13.3. The van der Waals surface area contributed by atoms with E-state index in [2.05, 4.69) is 0 Å². The summed E-state index contributed by atoms with van der Waals surface area (Å²) >= 11 is 0. The number of ether oxygens (including phenoxy) is 1. The number of nitrogens with zero attached hydrogens (tertiary/aromatic N) is 1. The van der Waals surface area contributed by atoms with E-state index in [4.69, 9.17) is 4.74 Å². The number of esters is 1.